The molecule has 100 valence electrons. The molecule has 0 saturated heterocycles. The van der Waals surface area contributed by atoms with Gasteiger partial charge < -0.3 is 4.98 Å². The third kappa shape index (κ3) is 2.78. The number of carbonyl (C=O) groups excluding carboxylic acids is 1. The maximum Gasteiger partial charge on any atom is 0.181 e. The number of carbonyl (C=O) groups is 1. The SMILES string of the molecule is O=C(CSc1ncnc2nc[nH]c12)C1CCCCC1. The molecule has 0 amide bonds. The van der Waals surface area contributed by atoms with E-state index in [1.165, 1.54) is 37.4 Å². The molecule has 1 aliphatic rings. The van der Waals surface area contributed by atoms with Gasteiger partial charge >= 0.3 is 0 Å². The van der Waals surface area contributed by atoms with Crippen molar-refractivity contribution in [1.82, 2.24) is 19.9 Å². The maximum atomic E-state index is 12.2. The van der Waals surface area contributed by atoms with E-state index >= 15 is 0 Å². The molecule has 1 N–H and O–H groups in total. The fraction of sp³-hybridized carbons (Fsp3) is 0.538. The van der Waals surface area contributed by atoms with Gasteiger partial charge in [-0.3, -0.25) is 4.79 Å². The van der Waals surface area contributed by atoms with Crippen LogP contribution in [-0.4, -0.2) is 31.5 Å². The molecule has 2 heterocycles. The molecule has 0 aliphatic heterocycles. The Balaban J connectivity index is 1.65. The molecule has 0 unspecified atom stereocenters. The number of Topliss-reactive ketones (excluding diaryl/α,β-unsaturated/α-hetero) is 1. The van der Waals surface area contributed by atoms with E-state index in [-0.39, 0.29) is 5.92 Å². The quantitative estimate of drug-likeness (QED) is 0.686. The summed E-state index contributed by atoms with van der Waals surface area (Å²) >= 11 is 1.48. The molecule has 0 radical (unpaired) electrons. The van der Waals surface area contributed by atoms with Crippen molar-refractivity contribution < 1.29 is 4.79 Å². The van der Waals surface area contributed by atoms with Crippen molar-refractivity contribution in [3.8, 4) is 0 Å². The van der Waals surface area contributed by atoms with Gasteiger partial charge in [-0.25, -0.2) is 15.0 Å². The first-order valence-electron chi connectivity index (χ1n) is 6.64. The van der Waals surface area contributed by atoms with Crippen LogP contribution in [-0.2, 0) is 4.79 Å². The van der Waals surface area contributed by atoms with Gasteiger partial charge in [0.15, 0.2) is 5.65 Å². The summed E-state index contributed by atoms with van der Waals surface area (Å²) in [4.78, 5) is 27.6. The third-order valence-electron chi connectivity index (χ3n) is 3.60. The van der Waals surface area contributed by atoms with Gasteiger partial charge in [0.2, 0.25) is 0 Å². The molecule has 0 bridgehead atoms. The van der Waals surface area contributed by atoms with Crippen molar-refractivity contribution in [2.45, 2.75) is 37.1 Å². The van der Waals surface area contributed by atoms with Crippen molar-refractivity contribution in [3.63, 3.8) is 0 Å². The van der Waals surface area contributed by atoms with Gasteiger partial charge in [0.05, 0.1) is 12.1 Å². The number of H-pyrrole nitrogens is 1. The normalized spacial score (nSPS) is 16.8. The number of imidazole rings is 1. The van der Waals surface area contributed by atoms with Gasteiger partial charge in [-0.05, 0) is 12.8 Å². The molecule has 2 aromatic rings. The minimum absolute atomic E-state index is 0.264. The van der Waals surface area contributed by atoms with E-state index in [0.717, 1.165) is 23.4 Å². The largest absolute Gasteiger partial charge is 0.341 e. The zero-order valence-corrected chi connectivity index (χ0v) is 11.4. The highest BCUT2D eigenvalue weighted by Gasteiger charge is 2.21. The second-order valence-corrected chi connectivity index (χ2v) is 5.83. The lowest BCUT2D eigenvalue weighted by molar-refractivity contribution is -0.121. The minimum atomic E-state index is 0.264. The number of hydrogen-bond acceptors (Lipinski definition) is 5. The summed E-state index contributed by atoms with van der Waals surface area (Å²) in [6, 6.07) is 0. The van der Waals surface area contributed by atoms with Gasteiger partial charge in [0, 0.05) is 5.92 Å². The Bertz CT molecular complexity index is 577. The van der Waals surface area contributed by atoms with Crippen LogP contribution in [0.3, 0.4) is 0 Å². The lowest BCUT2D eigenvalue weighted by Crippen LogP contribution is -2.19. The standard InChI is InChI=1S/C13H16N4OS/c18-10(9-4-2-1-3-5-9)6-19-13-11-12(15-7-14-11)16-8-17-13/h7-9H,1-6H2,(H,14,15,16,17). The fourth-order valence-electron chi connectivity index (χ4n) is 2.53. The number of aromatic amines is 1. The van der Waals surface area contributed by atoms with E-state index in [1.54, 1.807) is 6.33 Å². The van der Waals surface area contributed by atoms with Crippen molar-refractivity contribution in [2.75, 3.05) is 5.75 Å². The summed E-state index contributed by atoms with van der Waals surface area (Å²) in [5, 5.41) is 0.812. The van der Waals surface area contributed by atoms with E-state index < -0.39 is 0 Å². The topological polar surface area (TPSA) is 71.5 Å². The molecular formula is C13H16N4OS. The number of thioether (sulfide) groups is 1. The summed E-state index contributed by atoms with van der Waals surface area (Å²) < 4.78 is 0. The third-order valence-corrected chi connectivity index (χ3v) is 4.61. The molecule has 0 atom stereocenters. The summed E-state index contributed by atoms with van der Waals surface area (Å²) in [6.07, 6.45) is 8.88. The van der Waals surface area contributed by atoms with Crippen LogP contribution in [0.5, 0.6) is 0 Å². The Hall–Kier alpha value is -1.43. The van der Waals surface area contributed by atoms with Gasteiger partial charge in [-0.1, -0.05) is 31.0 Å². The van der Waals surface area contributed by atoms with E-state index in [1.807, 2.05) is 0 Å². The average Bonchev–Trinajstić information content (AvgIpc) is 2.94. The maximum absolute atomic E-state index is 12.2. The number of fused-ring (bicyclic) bond motifs is 1. The number of nitrogens with one attached hydrogen (secondary N) is 1. The molecule has 0 aromatic carbocycles. The zero-order chi connectivity index (χ0) is 13.1. The van der Waals surface area contributed by atoms with Crippen LogP contribution >= 0.6 is 11.8 Å². The van der Waals surface area contributed by atoms with Crippen LogP contribution in [0, 0.1) is 5.92 Å². The summed E-state index contributed by atoms with van der Waals surface area (Å²) in [5.74, 6) is 1.12. The molecule has 1 saturated carbocycles. The highest BCUT2D eigenvalue weighted by atomic mass is 32.2. The fourth-order valence-corrected chi connectivity index (χ4v) is 3.47. The lowest BCUT2D eigenvalue weighted by atomic mass is 9.87. The molecule has 1 fully saturated rings. The highest BCUT2D eigenvalue weighted by molar-refractivity contribution is 8.00. The number of aromatic nitrogens is 4. The Kier molecular flexibility index (Phi) is 3.77. The predicted molar refractivity (Wildman–Crippen MR) is 74.0 cm³/mol. The van der Waals surface area contributed by atoms with Gasteiger partial charge in [-0.15, -0.1) is 0 Å². The molecule has 0 spiro atoms. The Morgan fingerprint density at radius 3 is 2.95 bits per heavy atom. The summed E-state index contributed by atoms with van der Waals surface area (Å²) in [5.41, 5.74) is 1.48. The Labute approximate surface area is 115 Å². The van der Waals surface area contributed by atoms with Crippen LogP contribution in [0.15, 0.2) is 17.7 Å². The molecule has 6 heteroatoms. The van der Waals surface area contributed by atoms with Crippen molar-refractivity contribution in [2.24, 2.45) is 5.92 Å². The average molecular weight is 276 g/mol. The van der Waals surface area contributed by atoms with Crippen molar-refractivity contribution in [1.29, 1.82) is 0 Å². The van der Waals surface area contributed by atoms with Crippen molar-refractivity contribution >= 4 is 28.7 Å². The first kappa shape index (κ1) is 12.6. The second-order valence-electron chi connectivity index (χ2n) is 4.87. The molecule has 3 rings (SSSR count). The monoisotopic (exact) mass is 276 g/mol. The van der Waals surface area contributed by atoms with Crippen LogP contribution < -0.4 is 0 Å². The number of rotatable bonds is 4. The first-order chi connectivity index (χ1) is 9.34. The summed E-state index contributed by atoms with van der Waals surface area (Å²) in [6.45, 7) is 0. The van der Waals surface area contributed by atoms with Crippen LogP contribution in [0.2, 0.25) is 0 Å². The van der Waals surface area contributed by atoms with E-state index in [2.05, 4.69) is 19.9 Å². The van der Waals surface area contributed by atoms with Crippen LogP contribution in [0.25, 0.3) is 11.2 Å². The van der Waals surface area contributed by atoms with Gasteiger partial charge in [-0.2, -0.15) is 0 Å². The zero-order valence-electron chi connectivity index (χ0n) is 10.6. The van der Waals surface area contributed by atoms with Crippen LogP contribution in [0.1, 0.15) is 32.1 Å². The number of hydrogen-bond donors (Lipinski definition) is 1. The molecule has 5 nitrogen and oxygen atoms in total. The van der Waals surface area contributed by atoms with Gasteiger partial charge in [0.1, 0.15) is 22.7 Å². The number of ketones is 1. The summed E-state index contributed by atoms with van der Waals surface area (Å²) in [7, 11) is 0. The van der Waals surface area contributed by atoms with E-state index in [0.29, 0.717) is 17.2 Å². The molecular weight excluding hydrogens is 260 g/mol. The highest BCUT2D eigenvalue weighted by Crippen LogP contribution is 2.28. The second kappa shape index (κ2) is 5.69. The Morgan fingerprint density at radius 1 is 1.26 bits per heavy atom. The van der Waals surface area contributed by atoms with E-state index in [4.69, 9.17) is 0 Å². The van der Waals surface area contributed by atoms with E-state index in [9.17, 15) is 4.79 Å². The minimum Gasteiger partial charge on any atom is -0.341 e. The number of nitrogens with zero attached hydrogens (tertiary/aromatic N) is 3. The van der Waals surface area contributed by atoms with Crippen LogP contribution in [0.4, 0.5) is 0 Å². The Morgan fingerprint density at radius 2 is 2.11 bits per heavy atom. The molecule has 2 aromatic heterocycles. The van der Waals surface area contributed by atoms with Gasteiger partial charge in [0.25, 0.3) is 0 Å². The first-order valence-corrected chi connectivity index (χ1v) is 7.63. The lowest BCUT2D eigenvalue weighted by Gasteiger charge is -2.19. The molecule has 19 heavy (non-hydrogen) atoms. The van der Waals surface area contributed by atoms with Crippen molar-refractivity contribution in [3.05, 3.63) is 12.7 Å². The predicted octanol–water partition coefficient (Wildman–Crippen LogP) is 2.59. The molecule has 1 aliphatic carbocycles. The smallest absolute Gasteiger partial charge is 0.181 e.